The molecule has 0 amide bonds. The molecule has 0 saturated carbocycles. The highest BCUT2D eigenvalue weighted by molar-refractivity contribution is 4.94. The highest BCUT2D eigenvalue weighted by Crippen LogP contribution is 2.16. The number of rotatable bonds is 2. The van der Waals surface area contributed by atoms with E-state index in [0.717, 1.165) is 37.2 Å². The molecule has 1 aromatic heterocycles. The van der Waals surface area contributed by atoms with E-state index in [-0.39, 0.29) is 0 Å². The van der Waals surface area contributed by atoms with Crippen molar-refractivity contribution < 1.29 is 0 Å². The van der Waals surface area contributed by atoms with Crippen molar-refractivity contribution >= 4 is 0 Å². The summed E-state index contributed by atoms with van der Waals surface area (Å²) in [7, 11) is 0. The fourth-order valence-electron chi connectivity index (χ4n) is 2.91. The predicted octanol–water partition coefficient (Wildman–Crippen LogP) is 0.402. The van der Waals surface area contributed by atoms with Crippen LogP contribution in [0.3, 0.4) is 0 Å². The van der Waals surface area contributed by atoms with Crippen molar-refractivity contribution in [3.63, 3.8) is 0 Å². The van der Waals surface area contributed by atoms with Gasteiger partial charge in [0.2, 0.25) is 0 Å². The monoisotopic (exact) mass is 235 g/mol. The molecule has 0 bridgehead atoms. The Hall–Kier alpha value is -0.940. The first-order chi connectivity index (χ1) is 8.31. The molecule has 1 fully saturated rings. The summed E-state index contributed by atoms with van der Waals surface area (Å²) in [6.07, 6.45) is 2.70. The van der Waals surface area contributed by atoms with Crippen molar-refractivity contribution in [2.75, 3.05) is 26.2 Å². The zero-order chi connectivity index (χ0) is 11.7. The summed E-state index contributed by atoms with van der Waals surface area (Å²) >= 11 is 0. The Morgan fingerprint density at radius 2 is 2.35 bits per heavy atom. The minimum Gasteiger partial charge on any atom is -0.316 e. The zero-order valence-corrected chi connectivity index (χ0v) is 10.5. The van der Waals surface area contributed by atoms with Gasteiger partial charge < -0.3 is 5.32 Å². The topological polar surface area (TPSA) is 46.0 Å². The van der Waals surface area contributed by atoms with E-state index in [1.54, 1.807) is 0 Å². The third kappa shape index (κ3) is 2.50. The lowest BCUT2D eigenvalue weighted by Gasteiger charge is -2.32. The van der Waals surface area contributed by atoms with E-state index in [4.69, 9.17) is 0 Å². The number of nitrogens with zero attached hydrogens (tertiary/aromatic N) is 4. The second-order valence-electron chi connectivity index (χ2n) is 5.25. The first kappa shape index (κ1) is 11.2. The van der Waals surface area contributed by atoms with Crippen LogP contribution in [0.1, 0.15) is 24.5 Å². The lowest BCUT2D eigenvalue weighted by molar-refractivity contribution is 0.165. The fourth-order valence-corrected chi connectivity index (χ4v) is 2.91. The molecule has 0 aliphatic carbocycles. The Labute approximate surface area is 102 Å². The van der Waals surface area contributed by atoms with Crippen molar-refractivity contribution in [2.45, 2.75) is 32.9 Å². The standard InChI is InChI=1S/C12H21N5/c1-10-14-12-9-16(5-6-17(12)15-10)8-11-3-2-4-13-7-11/h11,13H,2-9H2,1H3. The lowest BCUT2D eigenvalue weighted by Crippen LogP contribution is -2.41. The van der Waals surface area contributed by atoms with Gasteiger partial charge in [-0.15, -0.1) is 0 Å². The van der Waals surface area contributed by atoms with E-state index in [1.807, 2.05) is 6.92 Å². The van der Waals surface area contributed by atoms with Crippen LogP contribution in [-0.2, 0) is 13.1 Å². The van der Waals surface area contributed by atoms with Gasteiger partial charge in [0.1, 0.15) is 11.6 Å². The average Bonchev–Trinajstić information content (AvgIpc) is 2.70. The van der Waals surface area contributed by atoms with E-state index in [9.17, 15) is 0 Å². The molecule has 1 atom stereocenters. The van der Waals surface area contributed by atoms with Crippen LogP contribution in [0.25, 0.3) is 0 Å². The minimum atomic E-state index is 0.819. The third-order valence-corrected chi connectivity index (χ3v) is 3.76. The van der Waals surface area contributed by atoms with E-state index < -0.39 is 0 Å². The summed E-state index contributed by atoms with van der Waals surface area (Å²) in [5, 5.41) is 7.89. The first-order valence-corrected chi connectivity index (χ1v) is 6.64. The van der Waals surface area contributed by atoms with Crippen LogP contribution in [0.15, 0.2) is 0 Å². The number of aryl methyl sites for hydroxylation is 1. The van der Waals surface area contributed by atoms with Gasteiger partial charge in [-0.2, -0.15) is 5.10 Å². The van der Waals surface area contributed by atoms with Crippen molar-refractivity contribution in [1.82, 2.24) is 25.0 Å². The molecule has 3 heterocycles. The van der Waals surface area contributed by atoms with Crippen LogP contribution in [0.2, 0.25) is 0 Å². The van der Waals surface area contributed by atoms with Crippen molar-refractivity contribution in [1.29, 1.82) is 0 Å². The van der Waals surface area contributed by atoms with Gasteiger partial charge in [0.25, 0.3) is 0 Å². The summed E-state index contributed by atoms with van der Waals surface area (Å²) in [5.74, 6) is 2.86. The molecule has 17 heavy (non-hydrogen) atoms. The zero-order valence-electron chi connectivity index (χ0n) is 10.5. The number of hydrogen-bond acceptors (Lipinski definition) is 4. The van der Waals surface area contributed by atoms with E-state index in [2.05, 4.69) is 25.0 Å². The Balaban J connectivity index is 1.59. The van der Waals surface area contributed by atoms with Crippen LogP contribution in [-0.4, -0.2) is 45.8 Å². The van der Waals surface area contributed by atoms with E-state index in [1.165, 1.54) is 32.5 Å². The van der Waals surface area contributed by atoms with Gasteiger partial charge in [0, 0.05) is 13.1 Å². The van der Waals surface area contributed by atoms with Gasteiger partial charge in [-0.3, -0.25) is 4.90 Å². The summed E-state index contributed by atoms with van der Waals surface area (Å²) in [5.41, 5.74) is 0. The average molecular weight is 235 g/mol. The molecule has 1 saturated heterocycles. The smallest absolute Gasteiger partial charge is 0.147 e. The number of aromatic nitrogens is 3. The molecule has 2 aliphatic rings. The fraction of sp³-hybridized carbons (Fsp3) is 0.833. The quantitative estimate of drug-likeness (QED) is 0.806. The van der Waals surface area contributed by atoms with Crippen molar-refractivity contribution in [2.24, 2.45) is 5.92 Å². The first-order valence-electron chi connectivity index (χ1n) is 6.64. The molecule has 3 rings (SSSR count). The van der Waals surface area contributed by atoms with Gasteiger partial charge >= 0.3 is 0 Å². The Morgan fingerprint density at radius 3 is 3.18 bits per heavy atom. The van der Waals surface area contributed by atoms with Crippen LogP contribution in [0, 0.1) is 12.8 Å². The lowest BCUT2D eigenvalue weighted by atomic mass is 9.99. The molecule has 1 aromatic rings. The molecule has 0 radical (unpaired) electrons. The van der Waals surface area contributed by atoms with Crippen LogP contribution in [0.4, 0.5) is 0 Å². The predicted molar refractivity (Wildman–Crippen MR) is 65.6 cm³/mol. The maximum atomic E-state index is 4.49. The Morgan fingerprint density at radius 1 is 1.41 bits per heavy atom. The van der Waals surface area contributed by atoms with Gasteiger partial charge in [-0.05, 0) is 38.8 Å². The number of fused-ring (bicyclic) bond motifs is 1. The molecule has 5 nitrogen and oxygen atoms in total. The summed E-state index contributed by atoms with van der Waals surface area (Å²) in [4.78, 5) is 7.02. The maximum absolute atomic E-state index is 4.49. The second kappa shape index (κ2) is 4.74. The van der Waals surface area contributed by atoms with Gasteiger partial charge in [-0.25, -0.2) is 9.67 Å². The van der Waals surface area contributed by atoms with Crippen LogP contribution < -0.4 is 5.32 Å². The Bertz CT molecular complexity index is 380. The molecule has 2 aliphatic heterocycles. The Kier molecular flexibility index (Phi) is 3.11. The summed E-state index contributed by atoms with van der Waals surface area (Å²) < 4.78 is 2.06. The maximum Gasteiger partial charge on any atom is 0.147 e. The molecule has 1 unspecified atom stereocenters. The molecule has 5 heteroatoms. The molecular weight excluding hydrogens is 214 g/mol. The highest BCUT2D eigenvalue weighted by Gasteiger charge is 2.22. The SMILES string of the molecule is Cc1nc2n(n1)CCN(CC1CCCNC1)C2. The number of piperidine rings is 1. The second-order valence-corrected chi connectivity index (χ2v) is 5.25. The van der Waals surface area contributed by atoms with Gasteiger partial charge in [0.15, 0.2) is 0 Å². The van der Waals surface area contributed by atoms with Crippen LogP contribution in [0.5, 0.6) is 0 Å². The minimum absolute atomic E-state index is 0.819. The number of nitrogens with one attached hydrogen (secondary N) is 1. The van der Waals surface area contributed by atoms with Crippen LogP contribution >= 0.6 is 0 Å². The number of hydrogen-bond donors (Lipinski definition) is 1. The summed E-state index contributed by atoms with van der Waals surface area (Å²) in [6, 6.07) is 0. The molecular formula is C12H21N5. The molecule has 0 spiro atoms. The largest absolute Gasteiger partial charge is 0.316 e. The normalized spacial score (nSPS) is 25.8. The summed E-state index contributed by atoms with van der Waals surface area (Å²) in [6.45, 7) is 8.64. The third-order valence-electron chi connectivity index (χ3n) is 3.76. The van der Waals surface area contributed by atoms with Crippen molar-refractivity contribution in [3.05, 3.63) is 11.6 Å². The van der Waals surface area contributed by atoms with Crippen molar-refractivity contribution in [3.8, 4) is 0 Å². The molecule has 0 aromatic carbocycles. The van der Waals surface area contributed by atoms with Gasteiger partial charge in [0.05, 0.1) is 13.1 Å². The molecule has 94 valence electrons. The van der Waals surface area contributed by atoms with Gasteiger partial charge in [-0.1, -0.05) is 0 Å². The molecule has 1 N–H and O–H groups in total. The van der Waals surface area contributed by atoms with E-state index >= 15 is 0 Å². The highest BCUT2D eigenvalue weighted by atomic mass is 15.4. The van der Waals surface area contributed by atoms with E-state index in [0.29, 0.717) is 0 Å².